The highest BCUT2D eigenvalue weighted by molar-refractivity contribution is 5.88. The van der Waals surface area contributed by atoms with Gasteiger partial charge < -0.3 is 10.6 Å². The van der Waals surface area contributed by atoms with E-state index in [-0.39, 0.29) is 11.8 Å². The number of hydrogen-bond donors (Lipinski definition) is 2. The molecule has 3 unspecified atom stereocenters. The summed E-state index contributed by atoms with van der Waals surface area (Å²) in [7, 11) is 0. The number of fused-ring (bicyclic) bond motifs is 1. The Bertz CT molecular complexity index is 472. The lowest BCUT2D eigenvalue weighted by atomic mass is 9.85. The van der Waals surface area contributed by atoms with Gasteiger partial charge in [0.2, 0.25) is 5.91 Å². The van der Waals surface area contributed by atoms with Crippen LogP contribution in [0.2, 0.25) is 0 Å². The Balaban J connectivity index is 1.68. The molecule has 1 fully saturated rings. The van der Waals surface area contributed by atoms with E-state index in [1.165, 1.54) is 19.3 Å². The van der Waals surface area contributed by atoms with Gasteiger partial charge in [0.15, 0.2) is 0 Å². The largest absolute Gasteiger partial charge is 0.384 e. The van der Waals surface area contributed by atoms with Gasteiger partial charge in [-0.05, 0) is 30.4 Å². The van der Waals surface area contributed by atoms with Crippen molar-refractivity contribution in [1.82, 2.24) is 5.32 Å². The molecule has 3 nitrogen and oxygen atoms in total. The molecule has 1 aliphatic heterocycles. The van der Waals surface area contributed by atoms with Gasteiger partial charge in [-0.25, -0.2) is 0 Å². The fourth-order valence-corrected chi connectivity index (χ4v) is 3.33. The van der Waals surface area contributed by atoms with Gasteiger partial charge in [-0.3, -0.25) is 4.79 Å². The zero-order valence-corrected chi connectivity index (χ0v) is 11.5. The fourth-order valence-electron chi connectivity index (χ4n) is 3.33. The number of hydrogen-bond acceptors (Lipinski definition) is 2. The first-order valence-electron chi connectivity index (χ1n) is 7.39. The second kappa shape index (κ2) is 5.24. The maximum absolute atomic E-state index is 12.5. The number of para-hydroxylation sites is 1. The second-order valence-electron chi connectivity index (χ2n) is 5.90. The summed E-state index contributed by atoms with van der Waals surface area (Å²) in [5, 5.41) is 6.59. The minimum Gasteiger partial charge on any atom is -0.384 e. The summed E-state index contributed by atoms with van der Waals surface area (Å²) in [5.41, 5.74) is 2.25. The molecule has 2 aliphatic rings. The lowest BCUT2D eigenvalue weighted by Crippen LogP contribution is -2.43. The topological polar surface area (TPSA) is 41.1 Å². The van der Waals surface area contributed by atoms with Gasteiger partial charge in [-0.1, -0.05) is 38.0 Å². The van der Waals surface area contributed by atoms with Crippen LogP contribution in [0.25, 0.3) is 0 Å². The molecule has 19 heavy (non-hydrogen) atoms. The normalized spacial score (nSPS) is 29.4. The van der Waals surface area contributed by atoms with E-state index in [0.717, 1.165) is 24.2 Å². The van der Waals surface area contributed by atoms with Crippen molar-refractivity contribution >= 4 is 11.6 Å². The van der Waals surface area contributed by atoms with E-state index in [1.54, 1.807) is 0 Å². The van der Waals surface area contributed by atoms with Gasteiger partial charge >= 0.3 is 0 Å². The molecule has 3 atom stereocenters. The average Bonchev–Trinajstić information content (AvgIpc) is 2.85. The minimum atomic E-state index is -0.0228. The number of amides is 1. The monoisotopic (exact) mass is 258 g/mol. The number of carbonyl (C=O) groups excluding carboxylic acids is 1. The molecule has 1 aromatic carbocycles. The molecule has 0 spiro atoms. The molecule has 3 heteroatoms. The van der Waals surface area contributed by atoms with Gasteiger partial charge in [0.25, 0.3) is 0 Å². The Morgan fingerprint density at radius 1 is 1.26 bits per heavy atom. The van der Waals surface area contributed by atoms with Crippen molar-refractivity contribution in [2.45, 2.75) is 44.6 Å². The van der Waals surface area contributed by atoms with E-state index in [4.69, 9.17) is 0 Å². The molecule has 3 rings (SSSR count). The van der Waals surface area contributed by atoms with Crippen LogP contribution in [0.5, 0.6) is 0 Å². The highest BCUT2D eigenvalue weighted by atomic mass is 16.2. The summed E-state index contributed by atoms with van der Waals surface area (Å²) in [6.07, 6.45) is 4.93. The molecule has 1 heterocycles. The Hall–Kier alpha value is -1.51. The quantitative estimate of drug-likeness (QED) is 0.856. The molecule has 0 bridgehead atoms. The van der Waals surface area contributed by atoms with E-state index in [1.807, 2.05) is 18.2 Å². The van der Waals surface area contributed by atoms with Crippen LogP contribution in [-0.2, 0) is 4.79 Å². The van der Waals surface area contributed by atoms with Crippen LogP contribution in [0.1, 0.15) is 44.1 Å². The highest BCUT2D eigenvalue weighted by Crippen LogP contribution is 2.32. The Morgan fingerprint density at radius 3 is 2.89 bits per heavy atom. The van der Waals surface area contributed by atoms with E-state index in [0.29, 0.717) is 12.0 Å². The summed E-state index contributed by atoms with van der Waals surface area (Å²) in [6.45, 7) is 2.98. The average molecular weight is 258 g/mol. The SMILES string of the molecule is CC1CCCCC1NC(=O)C1CNc2ccccc21. The van der Waals surface area contributed by atoms with Crippen molar-refractivity contribution in [2.75, 3.05) is 11.9 Å². The molecular weight excluding hydrogens is 236 g/mol. The van der Waals surface area contributed by atoms with Crippen LogP contribution in [0.3, 0.4) is 0 Å². The van der Waals surface area contributed by atoms with E-state index in [9.17, 15) is 4.79 Å². The van der Waals surface area contributed by atoms with Gasteiger partial charge in [-0.2, -0.15) is 0 Å². The molecule has 0 radical (unpaired) electrons. The van der Waals surface area contributed by atoms with Crippen molar-refractivity contribution in [1.29, 1.82) is 0 Å². The van der Waals surface area contributed by atoms with Crippen LogP contribution in [0, 0.1) is 5.92 Å². The molecule has 0 aromatic heterocycles. The van der Waals surface area contributed by atoms with Crippen molar-refractivity contribution in [3.8, 4) is 0 Å². The number of benzene rings is 1. The Labute approximate surface area is 114 Å². The van der Waals surface area contributed by atoms with Crippen LogP contribution in [-0.4, -0.2) is 18.5 Å². The first kappa shape index (κ1) is 12.5. The molecule has 2 N–H and O–H groups in total. The summed E-state index contributed by atoms with van der Waals surface area (Å²) in [4.78, 5) is 12.5. The van der Waals surface area contributed by atoms with Crippen LogP contribution < -0.4 is 10.6 Å². The maximum atomic E-state index is 12.5. The second-order valence-corrected chi connectivity index (χ2v) is 5.90. The van der Waals surface area contributed by atoms with E-state index < -0.39 is 0 Å². The van der Waals surface area contributed by atoms with Gasteiger partial charge in [-0.15, -0.1) is 0 Å². The Kier molecular flexibility index (Phi) is 3.45. The van der Waals surface area contributed by atoms with Crippen LogP contribution in [0.15, 0.2) is 24.3 Å². The predicted octanol–water partition coefficient (Wildman–Crippen LogP) is 2.89. The first-order chi connectivity index (χ1) is 9.25. The van der Waals surface area contributed by atoms with Gasteiger partial charge in [0, 0.05) is 18.3 Å². The van der Waals surface area contributed by atoms with Gasteiger partial charge in [0.1, 0.15) is 0 Å². The third kappa shape index (κ3) is 2.46. The fraction of sp³-hybridized carbons (Fsp3) is 0.562. The molecule has 1 saturated carbocycles. The molecule has 102 valence electrons. The maximum Gasteiger partial charge on any atom is 0.229 e. The minimum absolute atomic E-state index is 0.0228. The molecular formula is C16H22N2O. The van der Waals surface area contributed by atoms with Gasteiger partial charge in [0.05, 0.1) is 5.92 Å². The van der Waals surface area contributed by atoms with Crippen molar-refractivity contribution in [3.05, 3.63) is 29.8 Å². The standard InChI is InChI=1S/C16H22N2O/c1-11-6-2-4-8-14(11)18-16(19)13-10-17-15-9-5-3-7-12(13)15/h3,5,7,9,11,13-14,17H,2,4,6,8,10H2,1H3,(H,18,19). The van der Waals surface area contributed by atoms with E-state index >= 15 is 0 Å². The molecule has 1 amide bonds. The number of carbonyl (C=O) groups is 1. The lowest BCUT2D eigenvalue weighted by Gasteiger charge is -2.30. The van der Waals surface area contributed by atoms with Crippen LogP contribution in [0.4, 0.5) is 5.69 Å². The summed E-state index contributed by atoms with van der Waals surface area (Å²) >= 11 is 0. The molecule has 1 aliphatic carbocycles. The zero-order valence-electron chi connectivity index (χ0n) is 11.5. The summed E-state index contributed by atoms with van der Waals surface area (Å²) in [5.74, 6) is 0.781. The smallest absolute Gasteiger partial charge is 0.229 e. The highest BCUT2D eigenvalue weighted by Gasteiger charge is 2.31. The predicted molar refractivity (Wildman–Crippen MR) is 77.2 cm³/mol. The first-order valence-corrected chi connectivity index (χ1v) is 7.39. The van der Waals surface area contributed by atoms with E-state index in [2.05, 4.69) is 23.6 Å². The number of rotatable bonds is 2. The van der Waals surface area contributed by atoms with Crippen molar-refractivity contribution in [3.63, 3.8) is 0 Å². The number of nitrogens with one attached hydrogen (secondary N) is 2. The summed E-state index contributed by atoms with van der Waals surface area (Å²) < 4.78 is 0. The van der Waals surface area contributed by atoms with Crippen LogP contribution >= 0.6 is 0 Å². The number of anilines is 1. The molecule has 1 aromatic rings. The lowest BCUT2D eigenvalue weighted by molar-refractivity contribution is -0.123. The third-order valence-corrected chi connectivity index (χ3v) is 4.59. The van der Waals surface area contributed by atoms with Crippen molar-refractivity contribution < 1.29 is 4.79 Å². The summed E-state index contributed by atoms with van der Waals surface area (Å²) in [6, 6.07) is 8.49. The Morgan fingerprint density at radius 2 is 2.05 bits per heavy atom. The third-order valence-electron chi connectivity index (χ3n) is 4.59. The molecule has 0 saturated heterocycles. The zero-order chi connectivity index (χ0) is 13.2. The van der Waals surface area contributed by atoms with Crippen molar-refractivity contribution in [2.24, 2.45) is 5.92 Å².